The van der Waals surface area contributed by atoms with Crippen LogP contribution in [0.4, 0.5) is 0 Å². The lowest BCUT2D eigenvalue weighted by molar-refractivity contribution is 0.127. The van der Waals surface area contributed by atoms with Gasteiger partial charge in [0.15, 0.2) is 0 Å². The predicted octanol–water partition coefficient (Wildman–Crippen LogP) is 6.00. The van der Waals surface area contributed by atoms with Crippen LogP contribution in [-0.2, 0) is 0 Å². The number of rotatable bonds is 8. The molecule has 22 heavy (non-hydrogen) atoms. The molecule has 1 saturated carbocycles. The molecule has 1 aromatic rings. The molecular formula is C20H33NO. The Morgan fingerprint density at radius 3 is 2.45 bits per heavy atom. The van der Waals surface area contributed by atoms with Crippen molar-refractivity contribution >= 4 is 0 Å². The van der Waals surface area contributed by atoms with Crippen LogP contribution in [0.2, 0.25) is 0 Å². The van der Waals surface area contributed by atoms with Crippen LogP contribution in [0.15, 0.2) is 12.3 Å². The summed E-state index contributed by atoms with van der Waals surface area (Å²) in [6, 6.07) is 2.13. The van der Waals surface area contributed by atoms with Gasteiger partial charge in [0, 0.05) is 5.69 Å². The third-order valence-electron chi connectivity index (χ3n) is 5.13. The van der Waals surface area contributed by atoms with Crippen molar-refractivity contribution < 1.29 is 4.74 Å². The van der Waals surface area contributed by atoms with E-state index in [1.165, 1.54) is 69.8 Å². The van der Waals surface area contributed by atoms with E-state index in [-0.39, 0.29) is 0 Å². The van der Waals surface area contributed by atoms with Crippen molar-refractivity contribution in [1.29, 1.82) is 0 Å². The molecule has 1 heterocycles. The topological polar surface area (TPSA) is 22.1 Å². The average molecular weight is 303 g/mol. The highest BCUT2D eigenvalue weighted by Crippen LogP contribution is 2.31. The molecule has 0 N–H and O–H groups in total. The van der Waals surface area contributed by atoms with Crippen LogP contribution < -0.4 is 4.74 Å². The van der Waals surface area contributed by atoms with Crippen LogP contribution in [0.3, 0.4) is 0 Å². The Bertz CT molecular complexity index is 435. The molecule has 0 bridgehead atoms. The van der Waals surface area contributed by atoms with E-state index >= 15 is 0 Å². The number of unbranched alkanes of at least 4 members (excludes halogenated alkanes) is 4. The molecular weight excluding hydrogens is 270 g/mol. The fraction of sp³-hybridized carbons (Fsp3) is 0.750. The van der Waals surface area contributed by atoms with Gasteiger partial charge in [-0.15, -0.1) is 0 Å². The zero-order chi connectivity index (χ0) is 15.8. The minimum Gasteiger partial charge on any atom is -0.489 e. The van der Waals surface area contributed by atoms with Crippen molar-refractivity contribution in [3.05, 3.63) is 23.5 Å². The first-order valence-electron chi connectivity index (χ1n) is 9.29. The maximum Gasteiger partial charge on any atom is 0.138 e. The summed E-state index contributed by atoms with van der Waals surface area (Å²) in [6.45, 7) is 6.43. The van der Waals surface area contributed by atoms with Crippen molar-refractivity contribution in [3.8, 4) is 5.75 Å². The first-order valence-corrected chi connectivity index (χ1v) is 9.29. The van der Waals surface area contributed by atoms with E-state index in [2.05, 4.69) is 24.9 Å². The molecule has 0 radical (unpaired) electrons. The predicted molar refractivity (Wildman–Crippen MR) is 93.5 cm³/mol. The normalized spacial score (nSPS) is 21.8. The van der Waals surface area contributed by atoms with E-state index in [0.717, 1.165) is 17.4 Å². The van der Waals surface area contributed by atoms with Crippen LogP contribution in [0.5, 0.6) is 5.75 Å². The Hall–Kier alpha value is -1.05. The van der Waals surface area contributed by atoms with Crippen LogP contribution in [0.1, 0.15) is 82.4 Å². The molecule has 0 aliphatic heterocycles. The summed E-state index contributed by atoms with van der Waals surface area (Å²) in [6.07, 6.45) is 15.9. The molecule has 1 aliphatic carbocycles. The Labute approximate surface area is 136 Å². The highest BCUT2D eigenvalue weighted by Gasteiger charge is 2.22. The smallest absolute Gasteiger partial charge is 0.138 e. The molecule has 0 unspecified atom stereocenters. The van der Waals surface area contributed by atoms with E-state index < -0.39 is 0 Å². The Balaban J connectivity index is 1.65. The summed E-state index contributed by atoms with van der Waals surface area (Å²) in [4.78, 5) is 4.40. The summed E-state index contributed by atoms with van der Waals surface area (Å²) in [5.74, 6) is 1.89. The molecule has 1 aliphatic rings. The molecule has 2 rings (SSSR count). The quantitative estimate of drug-likeness (QED) is 0.550. The third kappa shape index (κ3) is 5.62. The third-order valence-corrected chi connectivity index (χ3v) is 5.13. The van der Waals surface area contributed by atoms with Crippen molar-refractivity contribution in [2.45, 2.75) is 91.1 Å². The van der Waals surface area contributed by atoms with Gasteiger partial charge < -0.3 is 4.74 Å². The van der Waals surface area contributed by atoms with Gasteiger partial charge in [0.2, 0.25) is 0 Å². The first kappa shape index (κ1) is 17.3. The Morgan fingerprint density at radius 2 is 1.77 bits per heavy atom. The van der Waals surface area contributed by atoms with E-state index in [1.54, 1.807) is 0 Å². The highest BCUT2D eigenvalue weighted by atomic mass is 16.5. The van der Waals surface area contributed by atoms with Crippen LogP contribution >= 0.6 is 0 Å². The molecule has 1 aromatic heterocycles. The molecule has 0 atom stereocenters. The van der Waals surface area contributed by atoms with Crippen LogP contribution in [0, 0.1) is 19.8 Å². The molecule has 0 saturated heterocycles. The molecule has 2 nitrogen and oxygen atoms in total. The average Bonchev–Trinajstić information content (AvgIpc) is 2.52. The number of ether oxygens (including phenoxy) is 1. The van der Waals surface area contributed by atoms with Gasteiger partial charge >= 0.3 is 0 Å². The number of nitrogens with zero attached hydrogens (tertiary/aromatic N) is 1. The second kappa shape index (κ2) is 9.17. The monoisotopic (exact) mass is 303 g/mol. The Morgan fingerprint density at radius 1 is 1.05 bits per heavy atom. The lowest BCUT2D eigenvalue weighted by atomic mass is 9.84. The molecule has 1 fully saturated rings. The summed E-state index contributed by atoms with van der Waals surface area (Å²) in [5.41, 5.74) is 2.32. The summed E-state index contributed by atoms with van der Waals surface area (Å²) in [5, 5.41) is 0. The van der Waals surface area contributed by atoms with E-state index in [4.69, 9.17) is 4.74 Å². The van der Waals surface area contributed by atoms with E-state index in [9.17, 15) is 0 Å². The number of hydrogen-bond acceptors (Lipinski definition) is 2. The number of aryl methyl sites for hydroxylation is 2. The van der Waals surface area contributed by atoms with Crippen LogP contribution in [0.25, 0.3) is 0 Å². The van der Waals surface area contributed by atoms with Gasteiger partial charge in [-0.25, -0.2) is 0 Å². The van der Waals surface area contributed by atoms with Crippen LogP contribution in [-0.4, -0.2) is 11.1 Å². The van der Waals surface area contributed by atoms with Gasteiger partial charge in [0.25, 0.3) is 0 Å². The fourth-order valence-electron chi connectivity index (χ4n) is 3.45. The van der Waals surface area contributed by atoms with Gasteiger partial charge in [0.1, 0.15) is 5.75 Å². The maximum absolute atomic E-state index is 6.13. The largest absolute Gasteiger partial charge is 0.489 e. The van der Waals surface area contributed by atoms with Crippen molar-refractivity contribution in [1.82, 2.24) is 4.98 Å². The fourth-order valence-corrected chi connectivity index (χ4v) is 3.45. The van der Waals surface area contributed by atoms with Crippen molar-refractivity contribution in [2.75, 3.05) is 0 Å². The van der Waals surface area contributed by atoms with Crippen molar-refractivity contribution in [3.63, 3.8) is 0 Å². The number of hydrogen-bond donors (Lipinski definition) is 0. The second-order valence-electron chi connectivity index (χ2n) is 7.04. The van der Waals surface area contributed by atoms with Gasteiger partial charge in [-0.05, 0) is 57.1 Å². The lowest BCUT2D eigenvalue weighted by Crippen LogP contribution is -2.24. The minimum absolute atomic E-state index is 0.403. The molecule has 2 heteroatoms. The van der Waals surface area contributed by atoms with E-state index in [0.29, 0.717) is 6.10 Å². The second-order valence-corrected chi connectivity index (χ2v) is 7.04. The zero-order valence-electron chi connectivity index (χ0n) is 14.7. The summed E-state index contributed by atoms with van der Waals surface area (Å²) < 4.78 is 6.13. The Kier molecular flexibility index (Phi) is 7.21. The molecule has 0 aromatic carbocycles. The van der Waals surface area contributed by atoms with Gasteiger partial charge in [0.05, 0.1) is 12.3 Å². The van der Waals surface area contributed by atoms with Gasteiger partial charge in [-0.2, -0.15) is 0 Å². The standard InChI is InChI=1S/C20H33NO/c1-4-5-6-7-8-9-18-10-12-19(13-11-18)22-20-14-16(2)17(3)21-15-20/h14-15,18-19H,4-13H2,1-3H3/t18-,19-. The van der Waals surface area contributed by atoms with Crippen molar-refractivity contribution in [2.24, 2.45) is 5.92 Å². The molecule has 124 valence electrons. The van der Waals surface area contributed by atoms with E-state index in [1.807, 2.05) is 13.1 Å². The maximum atomic E-state index is 6.13. The number of aromatic nitrogens is 1. The van der Waals surface area contributed by atoms with Gasteiger partial charge in [-0.3, -0.25) is 4.98 Å². The van der Waals surface area contributed by atoms with Gasteiger partial charge in [-0.1, -0.05) is 45.4 Å². The minimum atomic E-state index is 0.403. The number of pyridine rings is 1. The molecule has 0 spiro atoms. The zero-order valence-corrected chi connectivity index (χ0v) is 14.7. The SMILES string of the molecule is CCCCCCC[C@H]1CC[C@H](Oc2cnc(C)c(C)c2)CC1. The highest BCUT2D eigenvalue weighted by molar-refractivity contribution is 5.27. The molecule has 0 amide bonds. The summed E-state index contributed by atoms with van der Waals surface area (Å²) in [7, 11) is 0. The lowest BCUT2D eigenvalue weighted by Gasteiger charge is -2.29. The first-order chi connectivity index (χ1) is 10.7. The summed E-state index contributed by atoms with van der Waals surface area (Å²) >= 11 is 0.